The fourth-order valence-corrected chi connectivity index (χ4v) is 7.30. The number of nitrogens with one attached hydrogen (secondary N) is 3. The van der Waals surface area contributed by atoms with Crippen molar-refractivity contribution in [2.45, 2.75) is 72.6 Å². The van der Waals surface area contributed by atoms with Gasteiger partial charge in [-0.15, -0.1) is 11.8 Å². The molecule has 2 aliphatic rings. The molecule has 7 nitrogen and oxygen atoms in total. The first-order chi connectivity index (χ1) is 18.9. The average molecular weight is 598 g/mol. The van der Waals surface area contributed by atoms with Crippen molar-refractivity contribution >= 4 is 33.4 Å². The molecule has 0 aromatic heterocycles. The number of benzene rings is 2. The number of carbonyl (C=O) groups excluding carboxylic acids is 2. The number of hydrogen-bond donors (Lipinski definition) is 3. The van der Waals surface area contributed by atoms with Gasteiger partial charge < -0.3 is 16.0 Å². The summed E-state index contributed by atoms with van der Waals surface area (Å²) in [5.41, 5.74) is -1.16. The second-order valence-corrected chi connectivity index (χ2v) is 13.4. The Balaban J connectivity index is 1.40. The van der Waals surface area contributed by atoms with E-state index in [0.29, 0.717) is 18.9 Å². The molecule has 40 heavy (non-hydrogen) atoms. The lowest BCUT2D eigenvalue weighted by atomic mass is 9.81. The van der Waals surface area contributed by atoms with Crippen molar-refractivity contribution in [1.82, 2.24) is 16.0 Å². The van der Waals surface area contributed by atoms with E-state index in [2.05, 4.69) is 16.0 Å². The minimum Gasteiger partial charge on any atom is -0.352 e. The van der Waals surface area contributed by atoms with Crippen LogP contribution in [-0.2, 0) is 20.8 Å². The van der Waals surface area contributed by atoms with Crippen LogP contribution in [-0.4, -0.2) is 56.9 Å². The standard InChI is InChI=1S/C28H34F3N3O4S2/c1-39-23-9-11-24(12-10-23)40(37,38)17-19-15-22(33-21-6-3-7-21)8-13-25(19)34-26(35)16-32-27(36)18-4-2-5-20(14-18)28(29,30)31/h2,4-5,9-12,14,19,21-22,25,33H,3,6-8,13,15-17H2,1H3,(H,32,36)(H,34,35)/t19-,22+,25-/m0/s1. The highest BCUT2D eigenvalue weighted by molar-refractivity contribution is 7.98. The summed E-state index contributed by atoms with van der Waals surface area (Å²) in [4.78, 5) is 26.4. The molecule has 2 amide bonds. The zero-order valence-corrected chi connectivity index (χ0v) is 23.8. The van der Waals surface area contributed by atoms with Gasteiger partial charge in [0.05, 0.1) is 22.8 Å². The van der Waals surface area contributed by atoms with Crippen molar-refractivity contribution in [2.24, 2.45) is 5.92 Å². The summed E-state index contributed by atoms with van der Waals surface area (Å²) in [6.07, 6.45) is 2.64. The van der Waals surface area contributed by atoms with Gasteiger partial charge in [-0.1, -0.05) is 12.5 Å². The molecule has 0 saturated heterocycles. The molecule has 0 aliphatic heterocycles. The van der Waals surface area contributed by atoms with Crippen LogP contribution in [0.2, 0.25) is 0 Å². The zero-order chi connectivity index (χ0) is 28.9. The van der Waals surface area contributed by atoms with Crippen LogP contribution < -0.4 is 16.0 Å². The van der Waals surface area contributed by atoms with Gasteiger partial charge in [0, 0.05) is 28.6 Å². The molecule has 2 aromatic rings. The molecule has 0 spiro atoms. The van der Waals surface area contributed by atoms with Gasteiger partial charge in [-0.25, -0.2) is 8.42 Å². The second-order valence-electron chi connectivity index (χ2n) is 10.5. The minimum absolute atomic E-state index is 0.129. The Kier molecular flexibility index (Phi) is 9.84. The third-order valence-corrected chi connectivity index (χ3v) is 10.2. The Morgan fingerprint density at radius 1 is 1.00 bits per heavy atom. The molecule has 2 aliphatic carbocycles. The topological polar surface area (TPSA) is 104 Å². The third-order valence-electron chi connectivity index (χ3n) is 7.62. The first-order valence-electron chi connectivity index (χ1n) is 13.3. The molecule has 2 saturated carbocycles. The van der Waals surface area contributed by atoms with Crippen molar-refractivity contribution in [3.05, 3.63) is 59.7 Å². The van der Waals surface area contributed by atoms with E-state index in [9.17, 15) is 31.2 Å². The van der Waals surface area contributed by atoms with E-state index >= 15 is 0 Å². The molecule has 3 N–H and O–H groups in total. The predicted molar refractivity (Wildman–Crippen MR) is 148 cm³/mol. The quantitative estimate of drug-likeness (QED) is 0.350. The number of carbonyl (C=O) groups is 2. The Morgan fingerprint density at radius 3 is 2.35 bits per heavy atom. The van der Waals surface area contributed by atoms with Crippen LogP contribution in [0.25, 0.3) is 0 Å². The maximum atomic E-state index is 13.3. The SMILES string of the molecule is CSc1ccc(S(=O)(=O)C[C@@H]2C[C@H](NC3CCC3)CC[C@@H]2NC(=O)CNC(=O)c2cccc(C(F)(F)F)c2)cc1. The molecular weight excluding hydrogens is 563 g/mol. The van der Waals surface area contributed by atoms with Crippen LogP contribution in [0, 0.1) is 5.92 Å². The van der Waals surface area contributed by atoms with Gasteiger partial charge in [0.25, 0.3) is 5.91 Å². The summed E-state index contributed by atoms with van der Waals surface area (Å²) >= 11 is 1.52. The maximum Gasteiger partial charge on any atom is 0.416 e. The molecular formula is C28H34F3N3O4S2. The molecule has 0 radical (unpaired) electrons. The van der Waals surface area contributed by atoms with Crippen molar-refractivity contribution in [3.8, 4) is 0 Å². The Bertz CT molecular complexity index is 1300. The normalized spacial score (nSPS) is 21.9. The largest absolute Gasteiger partial charge is 0.416 e. The predicted octanol–water partition coefficient (Wildman–Crippen LogP) is 4.43. The number of rotatable bonds is 10. The summed E-state index contributed by atoms with van der Waals surface area (Å²) in [6, 6.07) is 10.9. The number of alkyl halides is 3. The van der Waals surface area contributed by atoms with Gasteiger partial charge in [0.2, 0.25) is 5.91 Å². The van der Waals surface area contributed by atoms with Crippen LogP contribution in [0.5, 0.6) is 0 Å². The van der Waals surface area contributed by atoms with E-state index in [0.717, 1.165) is 42.4 Å². The molecule has 3 atom stereocenters. The summed E-state index contributed by atoms with van der Waals surface area (Å²) in [6.45, 7) is -0.440. The maximum absolute atomic E-state index is 13.3. The molecule has 0 bridgehead atoms. The fraction of sp³-hybridized carbons (Fsp3) is 0.500. The van der Waals surface area contributed by atoms with Crippen LogP contribution in [0.1, 0.15) is 54.4 Å². The van der Waals surface area contributed by atoms with Crippen molar-refractivity contribution < 1.29 is 31.2 Å². The molecule has 2 aromatic carbocycles. The lowest BCUT2D eigenvalue weighted by Crippen LogP contribution is -2.53. The van der Waals surface area contributed by atoms with Crippen LogP contribution in [0.15, 0.2) is 58.3 Å². The summed E-state index contributed by atoms with van der Waals surface area (Å²) in [5.74, 6) is -1.81. The van der Waals surface area contributed by atoms with E-state index in [1.165, 1.54) is 24.2 Å². The third kappa shape index (κ3) is 8.01. The van der Waals surface area contributed by atoms with E-state index < -0.39 is 46.0 Å². The number of amides is 2. The zero-order valence-electron chi connectivity index (χ0n) is 22.2. The van der Waals surface area contributed by atoms with Gasteiger partial charge in [-0.05, 0) is 86.7 Å². The summed E-state index contributed by atoms with van der Waals surface area (Å²) < 4.78 is 65.6. The number of thioether (sulfide) groups is 1. The van der Waals surface area contributed by atoms with E-state index in [4.69, 9.17) is 0 Å². The molecule has 12 heteroatoms. The van der Waals surface area contributed by atoms with E-state index in [1.54, 1.807) is 24.3 Å². The molecule has 0 heterocycles. The average Bonchev–Trinajstić information content (AvgIpc) is 2.90. The number of hydrogen-bond acceptors (Lipinski definition) is 6. The Hall–Kier alpha value is -2.57. The smallest absolute Gasteiger partial charge is 0.352 e. The van der Waals surface area contributed by atoms with Gasteiger partial charge >= 0.3 is 6.18 Å². The highest BCUT2D eigenvalue weighted by atomic mass is 32.2. The lowest BCUT2D eigenvalue weighted by molar-refractivity contribution is -0.137. The van der Waals surface area contributed by atoms with Gasteiger partial charge in [-0.2, -0.15) is 13.2 Å². The second kappa shape index (κ2) is 12.9. The summed E-state index contributed by atoms with van der Waals surface area (Å²) in [5, 5.41) is 8.87. The highest BCUT2D eigenvalue weighted by Crippen LogP contribution is 2.31. The molecule has 4 rings (SSSR count). The number of halogens is 3. The van der Waals surface area contributed by atoms with Crippen molar-refractivity contribution in [1.29, 1.82) is 0 Å². The van der Waals surface area contributed by atoms with Gasteiger partial charge in [0.1, 0.15) is 0 Å². The first kappa shape index (κ1) is 30.4. The number of sulfone groups is 1. The fourth-order valence-electron chi connectivity index (χ4n) is 5.22. The minimum atomic E-state index is -4.59. The lowest BCUT2D eigenvalue weighted by Gasteiger charge is -2.40. The molecule has 0 unspecified atom stereocenters. The van der Waals surface area contributed by atoms with Gasteiger partial charge in [0.15, 0.2) is 9.84 Å². The van der Waals surface area contributed by atoms with Crippen LogP contribution >= 0.6 is 11.8 Å². The van der Waals surface area contributed by atoms with E-state index in [-0.39, 0.29) is 28.2 Å². The monoisotopic (exact) mass is 597 g/mol. The molecule has 218 valence electrons. The van der Waals surface area contributed by atoms with Gasteiger partial charge in [-0.3, -0.25) is 9.59 Å². The van der Waals surface area contributed by atoms with Crippen LogP contribution in [0.4, 0.5) is 13.2 Å². The van der Waals surface area contributed by atoms with Crippen LogP contribution in [0.3, 0.4) is 0 Å². The molecule has 2 fully saturated rings. The Morgan fingerprint density at radius 2 is 1.73 bits per heavy atom. The summed E-state index contributed by atoms with van der Waals surface area (Å²) in [7, 11) is -3.62. The Labute approximate surface area is 237 Å². The first-order valence-corrected chi connectivity index (χ1v) is 16.2. The van der Waals surface area contributed by atoms with Crippen molar-refractivity contribution in [2.75, 3.05) is 18.6 Å². The highest BCUT2D eigenvalue weighted by Gasteiger charge is 2.36. The van der Waals surface area contributed by atoms with Crippen molar-refractivity contribution in [3.63, 3.8) is 0 Å². The van der Waals surface area contributed by atoms with E-state index in [1.807, 2.05) is 6.26 Å².